The molecular weight excluding hydrogens is 380 g/mol. The van der Waals surface area contributed by atoms with Crippen LogP contribution in [0.2, 0.25) is 0 Å². The van der Waals surface area contributed by atoms with Crippen molar-refractivity contribution in [3.8, 4) is 22.9 Å². The number of carboxylic acid groups (broad SMARTS) is 1. The molecule has 1 atom stereocenters. The number of likely N-dealkylation sites (tertiary alicyclic amines) is 1. The van der Waals surface area contributed by atoms with Crippen molar-refractivity contribution in [1.29, 1.82) is 5.26 Å². The SMILES string of the molecule is CC(CC(=O)O)c1cc(-c2ccccc2OCCN2CCCCC2)c(C#N)c(N)n1. The number of nitriles is 1. The minimum atomic E-state index is -0.907. The fraction of sp³-hybridized carbons (Fsp3) is 0.435. The lowest BCUT2D eigenvalue weighted by molar-refractivity contribution is -0.137. The molecule has 1 aromatic carbocycles. The molecule has 7 nitrogen and oxygen atoms in total. The standard InChI is InChI=1S/C23H28N4O3/c1-16(13-22(28)29)20-14-18(19(15-24)23(25)26-20)17-7-3-4-8-21(17)30-12-11-27-9-5-2-6-10-27/h3-4,7-8,14,16H,2,5-6,9-13H2,1H3,(H2,25,26)(H,28,29). The van der Waals surface area contributed by atoms with E-state index in [9.17, 15) is 10.1 Å². The monoisotopic (exact) mass is 408 g/mol. The van der Waals surface area contributed by atoms with Crippen LogP contribution in [0, 0.1) is 11.3 Å². The van der Waals surface area contributed by atoms with Crippen molar-refractivity contribution in [1.82, 2.24) is 9.88 Å². The molecule has 30 heavy (non-hydrogen) atoms. The smallest absolute Gasteiger partial charge is 0.304 e. The number of para-hydroxylation sites is 1. The Kier molecular flexibility index (Phi) is 7.26. The molecule has 0 aliphatic carbocycles. The van der Waals surface area contributed by atoms with Crippen molar-refractivity contribution in [3.05, 3.63) is 41.6 Å². The molecule has 1 aromatic heterocycles. The summed E-state index contributed by atoms with van der Waals surface area (Å²) in [7, 11) is 0. The first-order chi connectivity index (χ1) is 14.5. The highest BCUT2D eigenvalue weighted by Crippen LogP contribution is 2.36. The van der Waals surface area contributed by atoms with Gasteiger partial charge in [-0.15, -0.1) is 0 Å². The number of piperidine rings is 1. The Bertz CT molecular complexity index is 933. The van der Waals surface area contributed by atoms with E-state index in [0.717, 1.165) is 25.2 Å². The minimum absolute atomic E-state index is 0.0637. The van der Waals surface area contributed by atoms with E-state index in [0.29, 0.717) is 23.6 Å². The molecular formula is C23H28N4O3. The van der Waals surface area contributed by atoms with Gasteiger partial charge in [-0.05, 0) is 38.1 Å². The fourth-order valence-electron chi connectivity index (χ4n) is 3.82. The highest BCUT2D eigenvalue weighted by atomic mass is 16.5. The Morgan fingerprint density at radius 2 is 2.03 bits per heavy atom. The van der Waals surface area contributed by atoms with Crippen LogP contribution in [0.3, 0.4) is 0 Å². The van der Waals surface area contributed by atoms with Crippen molar-refractivity contribution in [2.24, 2.45) is 0 Å². The van der Waals surface area contributed by atoms with Crippen LogP contribution in [0.1, 0.15) is 49.8 Å². The average Bonchev–Trinajstić information content (AvgIpc) is 2.74. The number of hydrogen-bond acceptors (Lipinski definition) is 6. The van der Waals surface area contributed by atoms with E-state index >= 15 is 0 Å². The predicted octanol–water partition coefficient (Wildman–Crippen LogP) is 3.65. The summed E-state index contributed by atoms with van der Waals surface area (Å²) in [6.07, 6.45) is 3.69. The lowest BCUT2D eigenvalue weighted by Gasteiger charge is -2.26. The van der Waals surface area contributed by atoms with Crippen LogP contribution < -0.4 is 10.5 Å². The molecule has 7 heteroatoms. The molecule has 3 rings (SSSR count). The summed E-state index contributed by atoms with van der Waals surface area (Å²) >= 11 is 0. The second-order valence-corrected chi connectivity index (χ2v) is 7.71. The molecule has 2 heterocycles. The van der Waals surface area contributed by atoms with Crippen LogP contribution in [0.25, 0.3) is 11.1 Å². The lowest BCUT2D eigenvalue weighted by Crippen LogP contribution is -2.33. The second kappa shape index (κ2) is 10.1. The number of pyridine rings is 1. The normalized spacial score (nSPS) is 15.3. The molecule has 1 aliphatic rings. The number of aliphatic carboxylic acids is 1. The molecule has 1 unspecified atom stereocenters. The maximum Gasteiger partial charge on any atom is 0.304 e. The second-order valence-electron chi connectivity index (χ2n) is 7.71. The van der Waals surface area contributed by atoms with E-state index in [1.165, 1.54) is 19.3 Å². The summed E-state index contributed by atoms with van der Waals surface area (Å²) in [5.41, 5.74) is 8.25. The Morgan fingerprint density at radius 1 is 1.30 bits per heavy atom. The number of carbonyl (C=O) groups is 1. The molecule has 0 bridgehead atoms. The number of benzene rings is 1. The van der Waals surface area contributed by atoms with Crippen LogP contribution in [0.5, 0.6) is 5.75 Å². The van der Waals surface area contributed by atoms with E-state index in [1.54, 1.807) is 13.0 Å². The van der Waals surface area contributed by atoms with Crippen molar-refractivity contribution in [2.45, 2.75) is 38.5 Å². The summed E-state index contributed by atoms with van der Waals surface area (Å²) < 4.78 is 6.09. The van der Waals surface area contributed by atoms with Gasteiger partial charge in [0, 0.05) is 29.3 Å². The van der Waals surface area contributed by atoms with Crippen LogP contribution in [-0.2, 0) is 4.79 Å². The maximum absolute atomic E-state index is 11.1. The van der Waals surface area contributed by atoms with Gasteiger partial charge in [-0.3, -0.25) is 9.69 Å². The molecule has 1 fully saturated rings. The summed E-state index contributed by atoms with van der Waals surface area (Å²) in [4.78, 5) is 17.8. The molecule has 0 amide bonds. The third-order valence-electron chi connectivity index (χ3n) is 5.46. The summed E-state index contributed by atoms with van der Waals surface area (Å²) in [5.74, 6) is -0.461. The molecule has 0 radical (unpaired) electrons. The zero-order valence-corrected chi connectivity index (χ0v) is 17.3. The molecule has 2 aromatic rings. The third-order valence-corrected chi connectivity index (χ3v) is 5.46. The Balaban J connectivity index is 1.87. The number of anilines is 1. The quantitative estimate of drug-likeness (QED) is 0.685. The van der Waals surface area contributed by atoms with Crippen molar-refractivity contribution in [3.63, 3.8) is 0 Å². The number of nitrogens with zero attached hydrogens (tertiary/aromatic N) is 3. The van der Waals surface area contributed by atoms with Gasteiger partial charge in [-0.2, -0.15) is 5.26 Å². The van der Waals surface area contributed by atoms with Crippen LogP contribution >= 0.6 is 0 Å². The van der Waals surface area contributed by atoms with Gasteiger partial charge in [-0.25, -0.2) is 4.98 Å². The van der Waals surface area contributed by atoms with Crippen molar-refractivity contribution >= 4 is 11.8 Å². The van der Waals surface area contributed by atoms with E-state index in [2.05, 4.69) is 16.0 Å². The van der Waals surface area contributed by atoms with Gasteiger partial charge in [0.2, 0.25) is 0 Å². The fourth-order valence-corrected chi connectivity index (χ4v) is 3.82. The maximum atomic E-state index is 11.1. The summed E-state index contributed by atoms with van der Waals surface area (Å²) in [6.45, 7) is 5.41. The van der Waals surface area contributed by atoms with E-state index < -0.39 is 5.97 Å². The van der Waals surface area contributed by atoms with Gasteiger partial charge in [0.05, 0.1) is 6.42 Å². The Labute approximate surface area is 177 Å². The highest BCUT2D eigenvalue weighted by molar-refractivity contribution is 5.80. The minimum Gasteiger partial charge on any atom is -0.492 e. The zero-order chi connectivity index (χ0) is 21.5. The number of nitrogens with two attached hydrogens (primary N) is 1. The van der Waals surface area contributed by atoms with E-state index in [-0.39, 0.29) is 23.7 Å². The third kappa shape index (κ3) is 5.28. The average molecular weight is 409 g/mol. The number of aromatic nitrogens is 1. The number of ether oxygens (including phenoxy) is 1. The zero-order valence-electron chi connectivity index (χ0n) is 17.3. The molecule has 1 aliphatic heterocycles. The first-order valence-corrected chi connectivity index (χ1v) is 10.4. The van der Waals surface area contributed by atoms with E-state index in [4.69, 9.17) is 15.6 Å². The number of carboxylic acids is 1. The number of nitrogen functional groups attached to an aromatic ring is 1. The number of rotatable bonds is 8. The largest absolute Gasteiger partial charge is 0.492 e. The van der Waals surface area contributed by atoms with Gasteiger partial charge in [0.1, 0.15) is 29.8 Å². The molecule has 0 saturated carbocycles. The number of hydrogen-bond donors (Lipinski definition) is 2. The first-order valence-electron chi connectivity index (χ1n) is 10.4. The van der Waals surface area contributed by atoms with Gasteiger partial charge in [-0.1, -0.05) is 31.5 Å². The Morgan fingerprint density at radius 3 is 2.73 bits per heavy atom. The van der Waals surface area contributed by atoms with Crippen LogP contribution in [-0.4, -0.2) is 47.2 Å². The topological polar surface area (TPSA) is 112 Å². The predicted molar refractivity (Wildman–Crippen MR) is 115 cm³/mol. The lowest BCUT2D eigenvalue weighted by atomic mass is 9.95. The van der Waals surface area contributed by atoms with Gasteiger partial charge >= 0.3 is 5.97 Å². The summed E-state index contributed by atoms with van der Waals surface area (Å²) in [5, 5.41) is 18.8. The highest BCUT2D eigenvalue weighted by Gasteiger charge is 2.20. The van der Waals surface area contributed by atoms with Crippen molar-refractivity contribution in [2.75, 3.05) is 32.0 Å². The molecule has 3 N–H and O–H groups in total. The van der Waals surface area contributed by atoms with Gasteiger partial charge in [0.25, 0.3) is 0 Å². The van der Waals surface area contributed by atoms with E-state index in [1.807, 2.05) is 24.3 Å². The van der Waals surface area contributed by atoms with Crippen LogP contribution in [0.15, 0.2) is 30.3 Å². The van der Waals surface area contributed by atoms with Gasteiger partial charge < -0.3 is 15.6 Å². The first kappa shape index (κ1) is 21.6. The summed E-state index contributed by atoms with van der Waals surface area (Å²) in [6, 6.07) is 11.4. The molecule has 0 spiro atoms. The molecule has 158 valence electrons. The molecule has 1 saturated heterocycles. The Hall–Kier alpha value is -3.11. The van der Waals surface area contributed by atoms with Crippen LogP contribution in [0.4, 0.5) is 5.82 Å². The van der Waals surface area contributed by atoms with Gasteiger partial charge in [0.15, 0.2) is 0 Å². The van der Waals surface area contributed by atoms with Crippen molar-refractivity contribution < 1.29 is 14.6 Å².